The van der Waals surface area contributed by atoms with E-state index in [-0.39, 0.29) is 0 Å². The van der Waals surface area contributed by atoms with E-state index in [0.717, 1.165) is 28.1 Å². The zero-order chi connectivity index (χ0) is 7.36. The number of hydrogen-bond acceptors (Lipinski definition) is 0. The summed E-state index contributed by atoms with van der Waals surface area (Å²) in [6, 6.07) is 0. The highest BCUT2D eigenvalue weighted by Crippen LogP contribution is 3.03. The van der Waals surface area contributed by atoms with E-state index in [1.807, 2.05) is 0 Å². The Hall–Kier alpha value is 0. The highest BCUT2D eigenvalue weighted by atomic mass is 15.0. The third-order valence-electron chi connectivity index (χ3n) is 6.10. The van der Waals surface area contributed by atoms with Crippen molar-refractivity contribution in [2.45, 2.75) is 34.1 Å². The van der Waals surface area contributed by atoms with Gasteiger partial charge in [0, 0.05) is 0 Å². The maximum Gasteiger partial charge on any atom is -0.0168 e. The predicted octanol–water partition coefficient (Wildman–Crippen LogP) is 2.69. The molecule has 4 aliphatic rings. The van der Waals surface area contributed by atoms with Crippen molar-refractivity contribution in [1.29, 1.82) is 0 Å². The topological polar surface area (TPSA) is 0 Å². The summed E-state index contributed by atoms with van der Waals surface area (Å²) >= 11 is 0. The van der Waals surface area contributed by atoms with E-state index in [0.29, 0.717) is 0 Å². The Morgan fingerprint density at radius 3 is 1.80 bits per heavy atom. The van der Waals surface area contributed by atoms with Crippen LogP contribution in [0.4, 0.5) is 0 Å². The molecule has 56 valence electrons. The molecule has 0 aromatic carbocycles. The van der Waals surface area contributed by atoms with Crippen LogP contribution in [0.1, 0.15) is 34.1 Å². The van der Waals surface area contributed by atoms with E-state index in [1.54, 1.807) is 6.42 Å². The fourth-order valence-electron chi connectivity index (χ4n) is 4.95. The van der Waals surface area contributed by atoms with Crippen molar-refractivity contribution in [3.05, 3.63) is 0 Å². The lowest BCUT2D eigenvalue weighted by atomic mass is 9.33. The van der Waals surface area contributed by atoms with Crippen LogP contribution in [0.2, 0.25) is 0 Å². The van der Waals surface area contributed by atoms with E-state index >= 15 is 0 Å². The molecule has 0 aromatic heterocycles. The van der Waals surface area contributed by atoms with Gasteiger partial charge in [0.25, 0.3) is 0 Å². The molecule has 5 unspecified atom stereocenters. The molecule has 4 aliphatic carbocycles. The second kappa shape index (κ2) is 0.922. The Morgan fingerprint density at radius 1 is 1.10 bits per heavy atom. The fraction of sp³-hybridized carbons (Fsp3) is 1.00. The second-order valence-corrected chi connectivity index (χ2v) is 5.28. The summed E-state index contributed by atoms with van der Waals surface area (Å²) in [5.41, 5.74) is 2.40. The standard InChI is InChI=1S/C10H16/c1-6-8(3)5-10(6)7(2)9(8,10)4/h6-7H,5H2,1-4H3. The molecular weight excluding hydrogens is 120 g/mol. The molecule has 0 aliphatic heterocycles. The van der Waals surface area contributed by atoms with Gasteiger partial charge in [-0.2, -0.15) is 0 Å². The molecule has 0 aromatic rings. The van der Waals surface area contributed by atoms with E-state index in [4.69, 9.17) is 0 Å². The molecule has 0 N–H and O–H groups in total. The number of rotatable bonds is 0. The third-order valence-corrected chi connectivity index (χ3v) is 6.10. The predicted molar refractivity (Wildman–Crippen MR) is 41.6 cm³/mol. The minimum Gasteiger partial charge on any atom is -0.0614 e. The van der Waals surface area contributed by atoms with Crippen LogP contribution in [0.25, 0.3) is 0 Å². The summed E-state index contributed by atoms with van der Waals surface area (Å²) in [6.07, 6.45) is 1.54. The van der Waals surface area contributed by atoms with Gasteiger partial charge in [-0.3, -0.25) is 0 Å². The first-order chi connectivity index (χ1) is 4.52. The first-order valence-corrected chi connectivity index (χ1v) is 4.52. The minimum absolute atomic E-state index is 0.756. The maximum atomic E-state index is 2.50. The molecule has 0 nitrogen and oxygen atoms in total. The van der Waals surface area contributed by atoms with E-state index in [9.17, 15) is 0 Å². The lowest BCUT2D eigenvalue weighted by Crippen LogP contribution is -2.65. The van der Waals surface area contributed by atoms with Crippen LogP contribution in [0.15, 0.2) is 0 Å². The summed E-state index contributed by atoms with van der Waals surface area (Å²) in [5, 5.41) is 0. The van der Waals surface area contributed by atoms with Gasteiger partial charge in [-0.25, -0.2) is 0 Å². The molecular formula is C10H16. The molecule has 4 fully saturated rings. The van der Waals surface area contributed by atoms with E-state index in [1.165, 1.54) is 0 Å². The lowest BCUT2D eigenvalue weighted by Gasteiger charge is -2.71. The van der Waals surface area contributed by atoms with Crippen LogP contribution >= 0.6 is 0 Å². The van der Waals surface area contributed by atoms with Crippen LogP contribution in [0.5, 0.6) is 0 Å². The molecule has 0 saturated heterocycles. The van der Waals surface area contributed by atoms with Crippen molar-refractivity contribution in [1.82, 2.24) is 0 Å². The molecule has 0 heterocycles. The Bertz CT molecular complexity index is 197. The SMILES string of the molecule is CC1C2(C)CC13C(C)C23C. The first-order valence-electron chi connectivity index (χ1n) is 4.52. The van der Waals surface area contributed by atoms with Crippen molar-refractivity contribution in [3.8, 4) is 0 Å². The molecule has 2 bridgehead atoms. The van der Waals surface area contributed by atoms with Gasteiger partial charge in [-0.05, 0) is 34.5 Å². The number of hydrogen-bond donors (Lipinski definition) is 0. The zero-order valence-corrected chi connectivity index (χ0v) is 7.36. The average molecular weight is 136 g/mol. The van der Waals surface area contributed by atoms with Crippen LogP contribution in [-0.4, -0.2) is 0 Å². The molecule has 0 heteroatoms. The van der Waals surface area contributed by atoms with Gasteiger partial charge in [0.15, 0.2) is 0 Å². The zero-order valence-electron chi connectivity index (χ0n) is 7.36. The van der Waals surface area contributed by atoms with Crippen LogP contribution in [0, 0.1) is 28.1 Å². The summed E-state index contributed by atoms with van der Waals surface area (Å²) < 4.78 is 0. The quantitative estimate of drug-likeness (QED) is 0.480. The molecule has 1 spiro atoms. The molecule has 4 rings (SSSR count). The van der Waals surface area contributed by atoms with Crippen LogP contribution in [-0.2, 0) is 0 Å². The lowest BCUT2D eigenvalue weighted by molar-refractivity contribution is -0.232. The van der Waals surface area contributed by atoms with Gasteiger partial charge in [-0.15, -0.1) is 0 Å². The highest BCUT2D eigenvalue weighted by Gasteiger charge is 2.99. The second-order valence-electron chi connectivity index (χ2n) is 5.28. The minimum atomic E-state index is 0.756. The monoisotopic (exact) mass is 136 g/mol. The van der Waals surface area contributed by atoms with E-state index in [2.05, 4.69) is 27.7 Å². The van der Waals surface area contributed by atoms with Crippen LogP contribution < -0.4 is 0 Å². The molecule has 10 heavy (non-hydrogen) atoms. The summed E-state index contributed by atoms with van der Waals surface area (Å²) in [5.74, 6) is 2.08. The Labute approximate surface area is 63.0 Å². The smallest absolute Gasteiger partial charge is 0.0168 e. The third kappa shape index (κ3) is 0.185. The van der Waals surface area contributed by atoms with E-state index < -0.39 is 0 Å². The van der Waals surface area contributed by atoms with Gasteiger partial charge < -0.3 is 0 Å². The maximum absolute atomic E-state index is 2.50. The summed E-state index contributed by atoms with van der Waals surface area (Å²) in [4.78, 5) is 0. The fourth-order valence-corrected chi connectivity index (χ4v) is 4.95. The van der Waals surface area contributed by atoms with Crippen molar-refractivity contribution in [3.63, 3.8) is 0 Å². The van der Waals surface area contributed by atoms with Crippen LogP contribution in [0.3, 0.4) is 0 Å². The first kappa shape index (κ1) is 5.62. The Morgan fingerprint density at radius 2 is 1.70 bits per heavy atom. The van der Waals surface area contributed by atoms with Crippen molar-refractivity contribution >= 4 is 0 Å². The van der Waals surface area contributed by atoms with Crippen molar-refractivity contribution in [2.24, 2.45) is 28.1 Å². The van der Waals surface area contributed by atoms with Gasteiger partial charge in [0.05, 0.1) is 0 Å². The largest absolute Gasteiger partial charge is 0.0614 e. The Balaban J connectivity index is 2.12. The molecule has 4 saturated carbocycles. The normalized spacial score (nSPS) is 82.8. The van der Waals surface area contributed by atoms with Crippen molar-refractivity contribution < 1.29 is 0 Å². The van der Waals surface area contributed by atoms with Gasteiger partial charge in [0.2, 0.25) is 0 Å². The van der Waals surface area contributed by atoms with Gasteiger partial charge in [0.1, 0.15) is 0 Å². The molecule has 0 radical (unpaired) electrons. The average Bonchev–Trinajstić information content (AvgIpc) is 2.31. The summed E-state index contributed by atoms with van der Waals surface area (Å²) in [7, 11) is 0. The molecule has 0 amide bonds. The summed E-state index contributed by atoms with van der Waals surface area (Å²) in [6.45, 7) is 9.90. The van der Waals surface area contributed by atoms with Gasteiger partial charge >= 0.3 is 0 Å². The highest BCUT2D eigenvalue weighted by molar-refractivity contribution is 5.46. The van der Waals surface area contributed by atoms with Crippen molar-refractivity contribution in [2.75, 3.05) is 0 Å². The molecule has 5 atom stereocenters. The Kier molecular flexibility index (Phi) is 0.518. The van der Waals surface area contributed by atoms with Gasteiger partial charge in [-0.1, -0.05) is 27.7 Å².